The minimum Gasteiger partial charge on any atom is -0.378 e. The van der Waals surface area contributed by atoms with Crippen LogP contribution >= 0.6 is 11.6 Å². The average Bonchev–Trinajstić information content (AvgIpc) is 2.94. The van der Waals surface area contributed by atoms with E-state index in [1.165, 1.54) is 0 Å². The van der Waals surface area contributed by atoms with E-state index in [4.69, 9.17) is 16.3 Å². The van der Waals surface area contributed by atoms with Gasteiger partial charge in [-0.25, -0.2) is 0 Å². The molecule has 0 spiro atoms. The van der Waals surface area contributed by atoms with Gasteiger partial charge in [0.2, 0.25) is 5.91 Å². The van der Waals surface area contributed by atoms with Crippen LogP contribution in [0.2, 0.25) is 5.02 Å². The molecule has 0 aromatic heterocycles. The number of ether oxygens (including phenoxy) is 1. The molecule has 3 aromatic rings. The van der Waals surface area contributed by atoms with E-state index in [1.54, 1.807) is 19.1 Å². The quantitative estimate of drug-likeness (QED) is 0.406. The first-order chi connectivity index (χ1) is 18.7. The number of halogens is 1. The first kappa shape index (κ1) is 27.0. The Morgan fingerprint density at radius 2 is 1.56 bits per heavy atom. The number of anilines is 4. The van der Waals surface area contributed by atoms with Crippen LogP contribution in [0.5, 0.6) is 0 Å². The zero-order valence-electron chi connectivity index (χ0n) is 22.9. The first-order valence-corrected chi connectivity index (χ1v) is 13.8. The van der Waals surface area contributed by atoms with Gasteiger partial charge in [0.25, 0.3) is 5.91 Å². The summed E-state index contributed by atoms with van der Waals surface area (Å²) in [6.45, 7) is 6.58. The fraction of sp³-hybridized carbons (Fsp3) is 0.355. The molecule has 0 radical (unpaired) electrons. The van der Waals surface area contributed by atoms with Gasteiger partial charge in [0.05, 0.1) is 24.9 Å². The fourth-order valence-electron chi connectivity index (χ4n) is 5.61. The molecule has 39 heavy (non-hydrogen) atoms. The molecule has 2 aliphatic rings. The minimum absolute atomic E-state index is 0.0486. The lowest BCUT2D eigenvalue weighted by Gasteiger charge is -2.44. The molecule has 2 atom stereocenters. The Balaban J connectivity index is 1.60. The van der Waals surface area contributed by atoms with Crippen molar-refractivity contribution in [2.75, 3.05) is 60.0 Å². The zero-order chi connectivity index (χ0) is 27.7. The molecule has 8 heteroatoms. The first-order valence-electron chi connectivity index (χ1n) is 13.4. The highest BCUT2D eigenvalue weighted by Crippen LogP contribution is 2.44. The topological polar surface area (TPSA) is 56.3 Å². The van der Waals surface area contributed by atoms with Crippen molar-refractivity contribution in [3.63, 3.8) is 0 Å². The number of rotatable bonds is 5. The molecule has 204 valence electrons. The van der Waals surface area contributed by atoms with E-state index >= 15 is 0 Å². The number of nitrogens with zero attached hydrogens (tertiary/aromatic N) is 4. The van der Waals surface area contributed by atoms with Crippen molar-refractivity contribution in [2.45, 2.75) is 32.4 Å². The van der Waals surface area contributed by atoms with Gasteiger partial charge in [-0.1, -0.05) is 17.7 Å². The third-order valence-electron chi connectivity index (χ3n) is 7.62. The number of fused-ring (bicyclic) bond motifs is 1. The van der Waals surface area contributed by atoms with Gasteiger partial charge in [0, 0.05) is 67.8 Å². The molecule has 1 fully saturated rings. The number of benzene rings is 3. The largest absolute Gasteiger partial charge is 0.378 e. The summed E-state index contributed by atoms with van der Waals surface area (Å²) in [5.41, 5.74) is 5.29. The fourth-order valence-corrected chi connectivity index (χ4v) is 5.74. The number of carbonyl (C=O) groups is 2. The van der Waals surface area contributed by atoms with Crippen LogP contribution in [0, 0.1) is 0 Å². The smallest absolute Gasteiger partial charge is 0.258 e. The lowest BCUT2D eigenvalue weighted by atomic mass is 9.89. The second kappa shape index (κ2) is 11.3. The van der Waals surface area contributed by atoms with Gasteiger partial charge in [-0.3, -0.25) is 9.59 Å². The second-order valence-electron chi connectivity index (χ2n) is 10.4. The summed E-state index contributed by atoms with van der Waals surface area (Å²) in [6, 6.07) is 21.0. The molecular weight excluding hydrogens is 512 g/mol. The van der Waals surface area contributed by atoms with Gasteiger partial charge in [-0.2, -0.15) is 0 Å². The van der Waals surface area contributed by atoms with Gasteiger partial charge in [-0.15, -0.1) is 0 Å². The van der Waals surface area contributed by atoms with Crippen molar-refractivity contribution >= 4 is 46.2 Å². The number of amides is 2. The number of carbonyl (C=O) groups excluding carboxylic acids is 2. The Morgan fingerprint density at radius 1 is 0.923 bits per heavy atom. The summed E-state index contributed by atoms with van der Waals surface area (Å²) >= 11 is 6.15. The van der Waals surface area contributed by atoms with Crippen LogP contribution < -0.4 is 19.6 Å². The van der Waals surface area contributed by atoms with E-state index in [0.29, 0.717) is 30.2 Å². The lowest BCUT2D eigenvalue weighted by molar-refractivity contribution is -0.117. The molecule has 2 amide bonds. The van der Waals surface area contributed by atoms with Crippen LogP contribution in [0.1, 0.15) is 42.2 Å². The SMILES string of the molecule is CC(=O)N(c1ccc(Cl)cc1)[C@H]1C[C@@H](C)N(C(=O)c2ccc(N(C)C)cc2)c2cc(N3CCOCC3)ccc21. The Bertz CT molecular complexity index is 1340. The van der Waals surface area contributed by atoms with Crippen LogP contribution in [0.15, 0.2) is 66.7 Å². The number of hydrogen-bond donors (Lipinski definition) is 0. The Hall–Kier alpha value is -3.55. The second-order valence-corrected chi connectivity index (χ2v) is 10.9. The van der Waals surface area contributed by atoms with Crippen molar-refractivity contribution in [1.82, 2.24) is 0 Å². The summed E-state index contributed by atoms with van der Waals surface area (Å²) < 4.78 is 5.56. The molecule has 3 aromatic carbocycles. The predicted octanol–water partition coefficient (Wildman–Crippen LogP) is 5.78. The van der Waals surface area contributed by atoms with Crippen LogP contribution in [0.4, 0.5) is 22.7 Å². The predicted molar refractivity (Wildman–Crippen MR) is 158 cm³/mol. The maximum absolute atomic E-state index is 14.0. The zero-order valence-corrected chi connectivity index (χ0v) is 23.7. The van der Waals surface area contributed by atoms with Crippen molar-refractivity contribution < 1.29 is 14.3 Å². The van der Waals surface area contributed by atoms with Crippen molar-refractivity contribution in [1.29, 1.82) is 0 Å². The van der Waals surface area contributed by atoms with Crippen molar-refractivity contribution in [3.05, 3.63) is 82.9 Å². The molecule has 5 rings (SSSR count). The minimum atomic E-state index is -0.229. The van der Waals surface area contributed by atoms with E-state index in [2.05, 4.69) is 30.0 Å². The Kier molecular flexibility index (Phi) is 7.82. The van der Waals surface area contributed by atoms with Crippen LogP contribution in [0.3, 0.4) is 0 Å². The Labute approximate surface area is 235 Å². The van der Waals surface area contributed by atoms with Gasteiger partial charge in [0.15, 0.2) is 0 Å². The third-order valence-corrected chi connectivity index (χ3v) is 7.87. The van der Waals surface area contributed by atoms with Crippen LogP contribution in [-0.2, 0) is 9.53 Å². The maximum atomic E-state index is 14.0. The molecule has 2 heterocycles. The van der Waals surface area contributed by atoms with Gasteiger partial charge in [-0.05, 0) is 79.6 Å². The van der Waals surface area contributed by atoms with E-state index in [0.717, 1.165) is 41.4 Å². The molecular formula is C31H35ClN4O3. The van der Waals surface area contributed by atoms with E-state index < -0.39 is 0 Å². The molecule has 2 aliphatic heterocycles. The monoisotopic (exact) mass is 546 g/mol. The molecule has 0 unspecified atom stereocenters. The van der Waals surface area contributed by atoms with E-state index in [-0.39, 0.29) is 23.9 Å². The lowest BCUT2D eigenvalue weighted by Crippen LogP contribution is -2.47. The highest BCUT2D eigenvalue weighted by molar-refractivity contribution is 6.30. The number of hydrogen-bond acceptors (Lipinski definition) is 5. The molecule has 0 aliphatic carbocycles. The Morgan fingerprint density at radius 3 is 2.18 bits per heavy atom. The molecule has 0 saturated carbocycles. The van der Waals surface area contributed by atoms with Crippen molar-refractivity contribution in [3.8, 4) is 0 Å². The molecule has 0 bridgehead atoms. The molecule has 1 saturated heterocycles. The van der Waals surface area contributed by atoms with Gasteiger partial charge < -0.3 is 24.3 Å². The van der Waals surface area contributed by atoms with Crippen molar-refractivity contribution in [2.24, 2.45) is 0 Å². The summed E-state index contributed by atoms with van der Waals surface area (Å²) in [5.74, 6) is -0.107. The molecule has 0 N–H and O–H groups in total. The highest BCUT2D eigenvalue weighted by atomic mass is 35.5. The summed E-state index contributed by atoms with van der Waals surface area (Å²) in [5, 5.41) is 0.617. The van der Waals surface area contributed by atoms with E-state index in [9.17, 15) is 9.59 Å². The summed E-state index contributed by atoms with van der Waals surface area (Å²) in [7, 11) is 3.96. The van der Waals surface area contributed by atoms with Crippen LogP contribution in [0.25, 0.3) is 0 Å². The van der Waals surface area contributed by atoms with Gasteiger partial charge >= 0.3 is 0 Å². The highest BCUT2D eigenvalue weighted by Gasteiger charge is 2.38. The van der Waals surface area contributed by atoms with E-state index in [1.807, 2.05) is 65.2 Å². The standard InChI is InChI=1S/C31H35ClN4O3/c1-21-19-29(36(22(2)37)26-11-7-24(32)8-12-26)28-14-13-27(34-15-17-39-18-16-34)20-30(28)35(21)31(38)23-5-9-25(10-6-23)33(3)4/h5-14,20-21,29H,15-19H2,1-4H3/t21-,29+/m1/s1. The normalized spacial score (nSPS) is 18.9. The molecule has 7 nitrogen and oxygen atoms in total. The maximum Gasteiger partial charge on any atom is 0.258 e. The van der Waals surface area contributed by atoms with Crippen LogP contribution in [-0.4, -0.2) is 58.3 Å². The summed E-state index contributed by atoms with van der Waals surface area (Å²) in [4.78, 5) is 35.1. The van der Waals surface area contributed by atoms with Gasteiger partial charge in [0.1, 0.15) is 0 Å². The summed E-state index contributed by atoms with van der Waals surface area (Å²) in [6.07, 6.45) is 0.605. The third kappa shape index (κ3) is 5.47. The number of morpholine rings is 1. The average molecular weight is 547 g/mol.